The lowest BCUT2D eigenvalue weighted by Gasteiger charge is -2.27. The number of aromatic nitrogens is 3. The van der Waals surface area contributed by atoms with Crippen LogP contribution in [0, 0.1) is 0 Å². The molecule has 7 nitrogen and oxygen atoms in total. The first-order chi connectivity index (χ1) is 17.3. The monoisotopic (exact) mass is 493 g/mol. The number of anilines is 2. The highest BCUT2D eigenvalue weighted by Crippen LogP contribution is 2.39. The number of nitrogen functional groups attached to an aromatic ring is 1. The Labute approximate surface area is 204 Å². The van der Waals surface area contributed by atoms with Crippen molar-refractivity contribution in [1.82, 2.24) is 14.5 Å². The molecule has 2 N–H and O–H groups in total. The van der Waals surface area contributed by atoms with E-state index in [-0.39, 0.29) is 18.4 Å². The summed E-state index contributed by atoms with van der Waals surface area (Å²) in [5.74, 6) is 0.160. The van der Waals surface area contributed by atoms with E-state index in [0.29, 0.717) is 37.6 Å². The molecule has 0 saturated carbocycles. The zero-order chi connectivity index (χ0) is 25.0. The molecule has 0 bridgehead atoms. The maximum atomic E-state index is 13.1. The van der Waals surface area contributed by atoms with Crippen molar-refractivity contribution in [3.63, 3.8) is 0 Å². The van der Waals surface area contributed by atoms with Crippen LogP contribution >= 0.6 is 0 Å². The largest absolute Gasteiger partial charge is 0.416 e. The van der Waals surface area contributed by atoms with Crippen LogP contribution in [0.1, 0.15) is 22.7 Å². The van der Waals surface area contributed by atoms with Gasteiger partial charge in [0.05, 0.1) is 36.6 Å². The number of fused-ring (bicyclic) bond motifs is 2. The number of ether oxygens (including phenoxy) is 1. The Morgan fingerprint density at radius 1 is 1.14 bits per heavy atom. The van der Waals surface area contributed by atoms with Crippen LogP contribution in [0.5, 0.6) is 0 Å². The number of halogens is 3. The zero-order valence-electron chi connectivity index (χ0n) is 19.1. The van der Waals surface area contributed by atoms with Crippen LogP contribution < -0.4 is 10.6 Å². The molecule has 1 amide bonds. The average molecular weight is 493 g/mol. The quantitative estimate of drug-likeness (QED) is 0.456. The van der Waals surface area contributed by atoms with Gasteiger partial charge in [-0.3, -0.25) is 4.79 Å². The molecule has 4 aromatic rings. The third-order valence-electron chi connectivity index (χ3n) is 6.85. The molecular weight excluding hydrogens is 471 g/mol. The van der Waals surface area contributed by atoms with E-state index in [2.05, 4.69) is 14.5 Å². The minimum Gasteiger partial charge on any atom is -0.383 e. The normalized spacial score (nSPS) is 15.8. The van der Waals surface area contributed by atoms with E-state index in [1.165, 1.54) is 12.4 Å². The summed E-state index contributed by atoms with van der Waals surface area (Å²) in [5, 5.41) is 0.778. The number of carbonyl (C=O) groups excluding carboxylic acids is 1. The molecule has 2 aromatic heterocycles. The molecule has 0 unspecified atom stereocenters. The summed E-state index contributed by atoms with van der Waals surface area (Å²) >= 11 is 0. The van der Waals surface area contributed by atoms with Crippen molar-refractivity contribution in [1.29, 1.82) is 0 Å². The molecule has 1 fully saturated rings. The predicted octanol–water partition coefficient (Wildman–Crippen LogP) is 4.40. The SMILES string of the molecule is Nc1ncnc2c1c(-c1ccc3c(c1)CCN3C(=O)Cc1cccc(C(F)(F)F)c1)cn2C1COC1. The second kappa shape index (κ2) is 8.34. The van der Waals surface area contributed by atoms with Gasteiger partial charge in [0.25, 0.3) is 0 Å². The van der Waals surface area contributed by atoms with Crippen LogP contribution in [0.4, 0.5) is 24.7 Å². The van der Waals surface area contributed by atoms with Crippen molar-refractivity contribution >= 4 is 28.4 Å². The molecule has 2 aliphatic rings. The van der Waals surface area contributed by atoms with Crippen molar-refractivity contribution in [3.8, 4) is 11.1 Å². The van der Waals surface area contributed by atoms with Gasteiger partial charge in [-0.25, -0.2) is 9.97 Å². The summed E-state index contributed by atoms with van der Waals surface area (Å²) in [7, 11) is 0. The molecular formula is C26H22F3N5O2. The van der Waals surface area contributed by atoms with Gasteiger partial charge in [0.2, 0.25) is 5.91 Å². The molecule has 4 heterocycles. The van der Waals surface area contributed by atoms with Crippen molar-refractivity contribution in [3.05, 3.63) is 71.7 Å². The highest BCUT2D eigenvalue weighted by molar-refractivity contribution is 6.02. The summed E-state index contributed by atoms with van der Waals surface area (Å²) in [6.45, 7) is 1.70. The van der Waals surface area contributed by atoms with Gasteiger partial charge in [-0.1, -0.05) is 24.3 Å². The summed E-state index contributed by atoms with van der Waals surface area (Å²) in [6, 6.07) is 11.0. The Bertz CT molecular complexity index is 1490. The Balaban J connectivity index is 1.30. The number of benzene rings is 2. The fraction of sp³-hybridized carbons (Fsp3) is 0.269. The van der Waals surface area contributed by atoms with E-state index in [9.17, 15) is 18.0 Å². The molecule has 0 radical (unpaired) electrons. The number of nitrogens with two attached hydrogens (primary N) is 1. The van der Waals surface area contributed by atoms with Crippen LogP contribution in [0.3, 0.4) is 0 Å². The van der Waals surface area contributed by atoms with Crippen molar-refractivity contribution < 1.29 is 22.7 Å². The van der Waals surface area contributed by atoms with E-state index < -0.39 is 11.7 Å². The van der Waals surface area contributed by atoms with Gasteiger partial charge in [-0.2, -0.15) is 13.2 Å². The second-order valence-electron chi connectivity index (χ2n) is 9.11. The van der Waals surface area contributed by atoms with E-state index in [1.54, 1.807) is 11.0 Å². The molecule has 0 aliphatic carbocycles. The van der Waals surface area contributed by atoms with Crippen LogP contribution in [0.25, 0.3) is 22.2 Å². The fourth-order valence-corrected chi connectivity index (χ4v) is 4.95. The van der Waals surface area contributed by atoms with Gasteiger partial charge in [0.15, 0.2) is 0 Å². The maximum absolute atomic E-state index is 13.1. The lowest BCUT2D eigenvalue weighted by atomic mass is 10.0. The van der Waals surface area contributed by atoms with Crippen LogP contribution in [0.2, 0.25) is 0 Å². The Hall–Kier alpha value is -3.92. The number of rotatable bonds is 4. The number of amides is 1. The van der Waals surface area contributed by atoms with Crippen molar-refractivity contribution in [2.24, 2.45) is 0 Å². The van der Waals surface area contributed by atoms with Crippen molar-refractivity contribution in [2.45, 2.75) is 25.1 Å². The molecule has 10 heteroatoms. The maximum Gasteiger partial charge on any atom is 0.416 e. The smallest absolute Gasteiger partial charge is 0.383 e. The predicted molar refractivity (Wildman–Crippen MR) is 128 cm³/mol. The molecule has 0 spiro atoms. The molecule has 1 saturated heterocycles. The van der Waals surface area contributed by atoms with Crippen LogP contribution in [0.15, 0.2) is 55.0 Å². The first kappa shape index (κ1) is 22.5. The lowest BCUT2D eigenvalue weighted by Crippen LogP contribution is -2.30. The Kier molecular flexibility index (Phi) is 5.22. The third kappa shape index (κ3) is 3.78. The van der Waals surface area contributed by atoms with Gasteiger partial charge >= 0.3 is 6.18 Å². The standard InChI is InChI=1S/C26H22F3N5O2/c27-26(28,29)18-3-1-2-15(8-18)9-22(35)33-7-6-17-10-16(4-5-21(17)33)20-11-34(19-12-36-13-19)25-23(20)24(30)31-14-32-25/h1-5,8,10-11,14,19H,6-7,9,12-13H2,(H2,30,31,32). The van der Waals surface area contributed by atoms with Gasteiger partial charge in [-0.15, -0.1) is 0 Å². The number of alkyl halides is 3. The molecule has 2 aliphatic heterocycles. The summed E-state index contributed by atoms with van der Waals surface area (Å²) < 4.78 is 46.6. The molecule has 2 aromatic carbocycles. The van der Waals surface area contributed by atoms with E-state index in [0.717, 1.165) is 45.5 Å². The summed E-state index contributed by atoms with van der Waals surface area (Å²) in [5.41, 5.74) is 10.2. The molecule has 184 valence electrons. The number of hydrogen-bond acceptors (Lipinski definition) is 5. The van der Waals surface area contributed by atoms with E-state index in [4.69, 9.17) is 10.5 Å². The van der Waals surface area contributed by atoms with Crippen LogP contribution in [-0.2, 0) is 28.5 Å². The molecule has 6 rings (SSSR count). The van der Waals surface area contributed by atoms with E-state index >= 15 is 0 Å². The summed E-state index contributed by atoms with van der Waals surface area (Å²) in [6.07, 6.45) is -0.419. The van der Waals surface area contributed by atoms with Gasteiger partial charge in [-0.05, 0) is 41.3 Å². The topological polar surface area (TPSA) is 86.3 Å². The minimum absolute atomic E-state index is 0.101. The fourth-order valence-electron chi connectivity index (χ4n) is 4.95. The summed E-state index contributed by atoms with van der Waals surface area (Å²) in [4.78, 5) is 23.3. The second-order valence-corrected chi connectivity index (χ2v) is 9.11. The van der Waals surface area contributed by atoms with Gasteiger partial charge in [0, 0.05) is 24.0 Å². The highest BCUT2D eigenvalue weighted by atomic mass is 19.4. The third-order valence-corrected chi connectivity index (χ3v) is 6.85. The Morgan fingerprint density at radius 3 is 2.72 bits per heavy atom. The minimum atomic E-state index is -4.45. The van der Waals surface area contributed by atoms with E-state index in [1.807, 2.05) is 24.4 Å². The first-order valence-electron chi connectivity index (χ1n) is 11.6. The highest BCUT2D eigenvalue weighted by Gasteiger charge is 2.31. The van der Waals surface area contributed by atoms with Crippen LogP contribution in [-0.4, -0.2) is 40.2 Å². The van der Waals surface area contributed by atoms with Crippen molar-refractivity contribution in [2.75, 3.05) is 30.4 Å². The zero-order valence-corrected chi connectivity index (χ0v) is 19.1. The lowest BCUT2D eigenvalue weighted by molar-refractivity contribution is -0.137. The Morgan fingerprint density at radius 2 is 1.97 bits per heavy atom. The average Bonchev–Trinajstić information content (AvgIpc) is 3.40. The van der Waals surface area contributed by atoms with Gasteiger partial charge < -0.3 is 19.9 Å². The number of carbonyl (C=O) groups is 1. The van der Waals surface area contributed by atoms with Gasteiger partial charge in [0.1, 0.15) is 17.8 Å². The number of nitrogens with zero attached hydrogens (tertiary/aromatic N) is 4. The first-order valence-corrected chi connectivity index (χ1v) is 11.6. The molecule has 36 heavy (non-hydrogen) atoms. The number of hydrogen-bond donors (Lipinski definition) is 1. The molecule has 0 atom stereocenters.